The Balaban J connectivity index is 2.54. The summed E-state index contributed by atoms with van der Waals surface area (Å²) in [7, 11) is 0. The number of carbonyl (C=O) groups is 1. The molecule has 100 valence electrons. The first-order valence-electron chi connectivity index (χ1n) is 6.92. The molecule has 1 aliphatic rings. The van der Waals surface area contributed by atoms with Gasteiger partial charge in [-0.3, -0.25) is 0 Å². The summed E-state index contributed by atoms with van der Waals surface area (Å²) < 4.78 is 5.50. The third-order valence-electron chi connectivity index (χ3n) is 3.86. The molecule has 3 nitrogen and oxygen atoms in total. The molecule has 1 saturated heterocycles. The molecule has 0 aromatic rings. The highest BCUT2D eigenvalue weighted by molar-refractivity contribution is 5.60. The predicted molar refractivity (Wildman–Crippen MR) is 70.1 cm³/mol. The van der Waals surface area contributed by atoms with Gasteiger partial charge in [-0.2, -0.15) is 0 Å². The number of hydrogen-bond donors (Lipinski definition) is 0. The molecule has 0 saturated carbocycles. The number of ether oxygens (including phenoxy) is 1. The summed E-state index contributed by atoms with van der Waals surface area (Å²) in [5.41, 5.74) is -0.248. The summed E-state index contributed by atoms with van der Waals surface area (Å²) in [5.74, 6) is 0.697. The second kappa shape index (κ2) is 7.12. The third-order valence-corrected chi connectivity index (χ3v) is 3.86. The number of aldehydes is 1. The summed E-state index contributed by atoms with van der Waals surface area (Å²) in [4.78, 5) is 13.8. The van der Waals surface area contributed by atoms with Gasteiger partial charge in [0.05, 0.1) is 12.0 Å². The number of carbonyl (C=O) groups excluding carboxylic acids is 1. The molecule has 0 aromatic carbocycles. The predicted octanol–water partition coefficient (Wildman–Crippen LogP) is 2.35. The largest absolute Gasteiger partial charge is 0.380 e. The smallest absolute Gasteiger partial charge is 0.129 e. The van der Waals surface area contributed by atoms with Crippen LogP contribution in [0.5, 0.6) is 0 Å². The van der Waals surface area contributed by atoms with Crippen molar-refractivity contribution in [3.05, 3.63) is 0 Å². The molecule has 1 aliphatic heterocycles. The van der Waals surface area contributed by atoms with Gasteiger partial charge in [0.1, 0.15) is 6.29 Å². The molecule has 3 heteroatoms. The molecule has 0 radical (unpaired) electrons. The molecule has 17 heavy (non-hydrogen) atoms. The molecule has 2 unspecified atom stereocenters. The van der Waals surface area contributed by atoms with Crippen molar-refractivity contribution in [1.29, 1.82) is 0 Å². The van der Waals surface area contributed by atoms with E-state index in [2.05, 4.69) is 25.7 Å². The fourth-order valence-corrected chi connectivity index (χ4v) is 2.45. The van der Waals surface area contributed by atoms with E-state index in [0.717, 1.165) is 45.4 Å². The quantitative estimate of drug-likeness (QED) is 0.641. The van der Waals surface area contributed by atoms with Crippen LogP contribution in [0.4, 0.5) is 0 Å². The van der Waals surface area contributed by atoms with Crippen molar-refractivity contribution in [2.75, 3.05) is 32.8 Å². The second-order valence-electron chi connectivity index (χ2n) is 5.48. The molecular weight excluding hydrogens is 214 g/mol. The van der Waals surface area contributed by atoms with Gasteiger partial charge >= 0.3 is 0 Å². The van der Waals surface area contributed by atoms with Crippen LogP contribution >= 0.6 is 0 Å². The Morgan fingerprint density at radius 1 is 1.47 bits per heavy atom. The molecule has 0 N–H and O–H groups in total. The van der Waals surface area contributed by atoms with Gasteiger partial charge in [-0.15, -0.1) is 0 Å². The highest BCUT2D eigenvalue weighted by atomic mass is 16.5. The maximum atomic E-state index is 11.4. The number of rotatable bonds is 7. The van der Waals surface area contributed by atoms with Crippen LogP contribution < -0.4 is 0 Å². The Morgan fingerprint density at radius 3 is 2.71 bits per heavy atom. The van der Waals surface area contributed by atoms with E-state index >= 15 is 0 Å². The second-order valence-corrected chi connectivity index (χ2v) is 5.48. The van der Waals surface area contributed by atoms with E-state index in [9.17, 15) is 4.79 Å². The van der Waals surface area contributed by atoms with Crippen molar-refractivity contribution in [1.82, 2.24) is 4.90 Å². The molecule has 1 rings (SSSR count). The SMILES string of the molecule is CCC(C)CN(CC)CC1(C=O)CCCOC1. The van der Waals surface area contributed by atoms with Crippen molar-refractivity contribution in [2.45, 2.75) is 40.0 Å². The Bertz CT molecular complexity index is 224. The van der Waals surface area contributed by atoms with Gasteiger partial charge in [0.25, 0.3) is 0 Å². The molecular formula is C14H27NO2. The molecule has 0 aliphatic carbocycles. The zero-order chi connectivity index (χ0) is 12.7. The zero-order valence-electron chi connectivity index (χ0n) is 11.6. The summed E-state index contributed by atoms with van der Waals surface area (Å²) in [5, 5.41) is 0. The summed E-state index contributed by atoms with van der Waals surface area (Å²) in [6, 6.07) is 0. The van der Waals surface area contributed by atoms with Gasteiger partial charge in [-0.05, 0) is 25.3 Å². The highest BCUT2D eigenvalue weighted by Gasteiger charge is 2.34. The van der Waals surface area contributed by atoms with Crippen LogP contribution in [0.25, 0.3) is 0 Å². The van der Waals surface area contributed by atoms with Gasteiger partial charge in [0.15, 0.2) is 0 Å². The lowest BCUT2D eigenvalue weighted by molar-refractivity contribution is -0.125. The summed E-state index contributed by atoms with van der Waals surface area (Å²) in [6.45, 7) is 11.0. The molecule has 1 fully saturated rings. The van der Waals surface area contributed by atoms with E-state index in [1.165, 1.54) is 6.42 Å². The lowest BCUT2D eigenvalue weighted by atomic mass is 9.83. The molecule has 0 aromatic heterocycles. The van der Waals surface area contributed by atoms with Crippen LogP contribution in [0.15, 0.2) is 0 Å². The summed E-state index contributed by atoms with van der Waals surface area (Å²) >= 11 is 0. The van der Waals surface area contributed by atoms with Crippen molar-refractivity contribution >= 4 is 6.29 Å². The minimum Gasteiger partial charge on any atom is -0.380 e. The van der Waals surface area contributed by atoms with E-state index in [1.54, 1.807) is 0 Å². The fraction of sp³-hybridized carbons (Fsp3) is 0.929. The Kier molecular flexibility index (Phi) is 6.14. The van der Waals surface area contributed by atoms with Crippen LogP contribution in [0.3, 0.4) is 0 Å². The van der Waals surface area contributed by atoms with Gasteiger partial charge < -0.3 is 14.4 Å². The lowest BCUT2D eigenvalue weighted by Gasteiger charge is -2.37. The normalized spacial score (nSPS) is 27.1. The lowest BCUT2D eigenvalue weighted by Crippen LogP contribution is -2.45. The van der Waals surface area contributed by atoms with Gasteiger partial charge in [0.2, 0.25) is 0 Å². The Morgan fingerprint density at radius 2 is 2.24 bits per heavy atom. The van der Waals surface area contributed by atoms with Gasteiger partial charge in [-0.25, -0.2) is 0 Å². The zero-order valence-corrected chi connectivity index (χ0v) is 11.6. The molecule has 1 heterocycles. The van der Waals surface area contributed by atoms with Crippen molar-refractivity contribution < 1.29 is 9.53 Å². The van der Waals surface area contributed by atoms with Crippen molar-refractivity contribution in [2.24, 2.45) is 11.3 Å². The topological polar surface area (TPSA) is 29.5 Å². The van der Waals surface area contributed by atoms with Crippen molar-refractivity contribution in [3.8, 4) is 0 Å². The maximum absolute atomic E-state index is 11.4. The van der Waals surface area contributed by atoms with Crippen LogP contribution in [0, 0.1) is 11.3 Å². The van der Waals surface area contributed by atoms with Crippen LogP contribution in [0.2, 0.25) is 0 Å². The third kappa shape index (κ3) is 4.40. The van der Waals surface area contributed by atoms with E-state index in [1.807, 2.05) is 0 Å². The van der Waals surface area contributed by atoms with Crippen LogP contribution in [-0.2, 0) is 9.53 Å². The maximum Gasteiger partial charge on any atom is 0.129 e. The molecule has 0 bridgehead atoms. The van der Waals surface area contributed by atoms with E-state index < -0.39 is 0 Å². The first-order chi connectivity index (χ1) is 8.15. The minimum absolute atomic E-state index is 0.248. The minimum atomic E-state index is -0.248. The molecule has 0 spiro atoms. The average molecular weight is 241 g/mol. The van der Waals surface area contributed by atoms with E-state index in [4.69, 9.17) is 4.74 Å². The van der Waals surface area contributed by atoms with Crippen molar-refractivity contribution in [3.63, 3.8) is 0 Å². The Labute approximate surface area is 106 Å². The van der Waals surface area contributed by atoms with E-state index in [-0.39, 0.29) is 5.41 Å². The Hall–Kier alpha value is -0.410. The standard InChI is InChI=1S/C14H27NO2/c1-4-13(3)9-15(5-2)10-14(11-16)7-6-8-17-12-14/h11,13H,4-10,12H2,1-3H3. The monoisotopic (exact) mass is 241 g/mol. The summed E-state index contributed by atoms with van der Waals surface area (Å²) in [6.07, 6.45) is 4.32. The number of hydrogen-bond acceptors (Lipinski definition) is 3. The van der Waals surface area contributed by atoms with Crippen LogP contribution in [0.1, 0.15) is 40.0 Å². The fourth-order valence-electron chi connectivity index (χ4n) is 2.45. The molecule has 0 amide bonds. The number of nitrogens with zero attached hydrogens (tertiary/aromatic N) is 1. The van der Waals surface area contributed by atoms with Gasteiger partial charge in [-0.1, -0.05) is 27.2 Å². The van der Waals surface area contributed by atoms with Gasteiger partial charge in [0, 0.05) is 19.7 Å². The van der Waals surface area contributed by atoms with E-state index in [0.29, 0.717) is 12.5 Å². The van der Waals surface area contributed by atoms with Crippen LogP contribution in [-0.4, -0.2) is 44.0 Å². The first-order valence-corrected chi connectivity index (χ1v) is 6.92. The highest BCUT2D eigenvalue weighted by Crippen LogP contribution is 2.27. The molecule has 2 atom stereocenters. The average Bonchev–Trinajstić information content (AvgIpc) is 2.38. The first kappa shape index (κ1) is 14.7.